The molecule has 32 heavy (non-hydrogen) atoms. The predicted octanol–water partition coefficient (Wildman–Crippen LogP) is 4.19. The number of carbonyl (C=O) groups excluding carboxylic acids is 2. The highest BCUT2D eigenvalue weighted by Gasteiger charge is 2.29. The fraction of sp³-hybridized carbons (Fsp3) is 0.174. The molecule has 0 saturated heterocycles. The largest absolute Gasteiger partial charge is 0.453 e. The van der Waals surface area contributed by atoms with Crippen molar-refractivity contribution in [1.29, 1.82) is 0 Å². The lowest BCUT2D eigenvalue weighted by Gasteiger charge is -2.13. The van der Waals surface area contributed by atoms with E-state index in [2.05, 4.69) is 10.5 Å². The van der Waals surface area contributed by atoms with E-state index in [1.54, 1.807) is 31.2 Å². The summed E-state index contributed by atoms with van der Waals surface area (Å²) in [7, 11) is 0. The molecule has 1 N–H and O–H groups in total. The molecule has 1 aliphatic carbocycles. The summed E-state index contributed by atoms with van der Waals surface area (Å²) in [6.45, 7) is 1.75. The van der Waals surface area contributed by atoms with E-state index < -0.39 is 16.8 Å². The second kappa shape index (κ2) is 8.84. The van der Waals surface area contributed by atoms with Crippen molar-refractivity contribution in [2.75, 3.05) is 0 Å². The van der Waals surface area contributed by atoms with Crippen molar-refractivity contribution in [2.24, 2.45) is 5.10 Å². The first-order chi connectivity index (χ1) is 15.4. The van der Waals surface area contributed by atoms with Gasteiger partial charge in [-0.1, -0.05) is 18.2 Å². The van der Waals surface area contributed by atoms with Gasteiger partial charge in [0.2, 0.25) is 5.76 Å². The van der Waals surface area contributed by atoms with Crippen LogP contribution in [0.2, 0.25) is 0 Å². The van der Waals surface area contributed by atoms with Gasteiger partial charge in [0.25, 0.3) is 11.6 Å². The minimum atomic E-state index is -0.600. The van der Waals surface area contributed by atoms with Crippen LogP contribution in [-0.4, -0.2) is 22.5 Å². The Labute approximate surface area is 182 Å². The van der Waals surface area contributed by atoms with Gasteiger partial charge in [0.15, 0.2) is 0 Å². The van der Waals surface area contributed by atoms with E-state index in [1.165, 1.54) is 24.3 Å². The van der Waals surface area contributed by atoms with Gasteiger partial charge < -0.3 is 9.15 Å². The third kappa shape index (κ3) is 4.27. The highest BCUT2D eigenvalue weighted by molar-refractivity contribution is 6.06. The average Bonchev–Trinajstić information content (AvgIpc) is 3.15. The van der Waals surface area contributed by atoms with Crippen molar-refractivity contribution in [2.45, 2.75) is 26.2 Å². The second-order valence-electron chi connectivity index (χ2n) is 7.21. The number of hydrogen-bond donors (Lipinski definition) is 1. The molecule has 0 bridgehead atoms. The number of nitro groups is 1. The van der Waals surface area contributed by atoms with Crippen molar-refractivity contribution in [3.63, 3.8) is 0 Å². The van der Waals surface area contributed by atoms with Gasteiger partial charge in [0.1, 0.15) is 11.5 Å². The molecule has 1 aromatic heterocycles. The number of nitrogens with one attached hydrogen (secondary N) is 1. The number of amides is 1. The molecule has 0 atom stereocenters. The normalized spacial score (nSPS) is 14.0. The van der Waals surface area contributed by atoms with Crippen molar-refractivity contribution in [1.82, 2.24) is 5.43 Å². The van der Waals surface area contributed by atoms with Gasteiger partial charge in [-0.2, -0.15) is 5.10 Å². The summed E-state index contributed by atoms with van der Waals surface area (Å²) in [5, 5.41) is 15.0. The summed E-state index contributed by atoms with van der Waals surface area (Å²) in [5.41, 5.74) is 4.52. The molecule has 0 aliphatic heterocycles. The summed E-state index contributed by atoms with van der Waals surface area (Å²) >= 11 is 0. The number of hydrogen-bond acceptors (Lipinski definition) is 7. The molecule has 4 rings (SSSR count). The maximum Gasteiger partial charge on any atom is 0.379 e. The first-order valence-corrected chi connectivity index (χ1v) is 9.95. The predicted molar refractivity (Wildman–Crippen MR) is 115 cm³/mol. The Bertz CT molecular complexity index is 1210. The molecule has 9 nitrogen and oxygen atoms in total. The molecule has 0 unspecified atom stereocenters. The number of nitro benzene ring substituents is 1. The molecule has 1 amide bonds. The summed E-state index contributed by atoms with van der Waals surface area (Å²) < 4.78 is 11.2. The van der Waals surface area contributed by atoms with Crippen LogP contribution in [0.3, 0.4) is 0 Å². The summed E-state index contributed by atoms with van der Waals surface area (Å²) in [6.07, 6.45) is 1.99. The molecular weight excluding hydrogens is 414 g/mol. The van der Waals surface area contributed by atoms with E-state index in [0.29, 0.717) is 41.2 Å². The van der Waals surface area contributed by atoms with Crippen LogP contribution in [-0.2, 0) is 6.42 Å². The van der Waals surface area contributed by atoms with E-state index in [-0.39, 0.29) is 17.0 Å². The van der Waals surface area contributed by atoms with Crippen LogP contribution in [0, 0.1) is 17.0 Å². The monoisotopic (exact) mass is 433 g/mol. The number of fused-ring (bicyclic) bond motifs is 1. The van der Waals surface area contributed by atoms with Gasteiger partial charge >= 0.3 is 5.97 Å². The van der Waals surface area contributed by atoms with Crippen LogP contribution in [0.25, 0.3) is 0 Å². The van der Waals surface area contributed by atoms with Gasteiger partial charge in [0, 0.05) is 35.2 Å². The van der Waals surface area contributed by atoms with E-state index in [4.69, 9.17) is 9.15 Å². The molecule has 0 radical (unpaired) electrons. The van der Waals surface area contributed by atoms with Crippen molar-refractivity contribution in [3.8, 4) is 5.75 Å². The minimum Gasteiger partial charge on any atom is -0.453 e. The first-order valence-electron chi connectivity index (χ1n) is 9.95. The maximum absolute atomic E-state index is 12.6. The van der Waals surface area contributed by atoms with Crippen LogP contribution in [0.5, 0.6) is 5.75 Å². The number of non-ortho nitro benzene ring substituents is 1. The highest BCUT2D eigenvalue weighted by atomic mass is 16.6. The number of esters is 1. The number of para-hydroxylation sites is 1. The quantitative estimate of drug-likeness (QED) is 0.278. The summed E-state index contributed by atoms with van der Waals surface area (Å²) in [6, 6.07) is 13.9. The SMILES string of the molecule is Cc1c(C(=O)Oc2ccccc2)oc2c1/C(=N/NC(=O)c1ccc([N+](=O)[O-])cc1)CCC2. The van der Waals surface area contributed by atoms with Gasteiger partial charge in [-0.3, -0.25) is 14.9 Å². The zero-order valence-electron chi connectivity index (χ0n) is 17.2. The van der Waals surface area contributed by atoms with Gasteiger partial charge in [-0.15, -0.1) is 0 Å². The zero-order chi connectivity index (χ0) is 22.7. The van der Waals surface area contributed by atoms with E-state index in [0.717, 1.165) is 6.42 Å². The third-order valence-electron chi connectivity index (χ3n) is 5.10. The molecule has 0 saturated carbocycles. The van der Waals surface area contributed by atoms with Gasteiger partial charge in [-0.25, -0.2) is 10.2 Å². The number of rotatable bonds is 5. The average molecular weight is 433 g/mol. The molecule has 1 heterocycles. The Morgan fingerprint density at radius 2 is 1.81 bits per heavy atom. The Kier molecular flexibility index (Phi) is 5.80. The van der Waals surface area contributed by atoms with Crippen LogP contribution >= 0.6 is 0 Å². The number of carbonyl (C=O) groups is 2. The van der Waals surface area contributed by atoms with Crippen molar-refractivity contribution < 1.29 is 23.7 Å². The van der Waals surface area contributed by atoms with Crippen LogP contribution in [0.1, 0.15) is 50.6 Å². The summed E-state index contributed by atoms with van der Waals surface area (Å²) in [5.74, 6) is 0.0458. The van der Waals surface area contributed by atoms with E-state index in [1.807, 2.05) is 6.07 Å². The molecule has 9 heteroatoms. The highest BCUT2D eigenvalue weighted by Crippen LogP contribution is 2.30. The zero-order valence-corrected chi connectivity index (χ0v) is 17.2. The number of aryl methyl sites for hydroxylation is 1. The Balaban J connectivity index is 1.54. The molecule has 0 fully saturated rings. The van der Waals surface area contributed by atoms with Gasteiger partial charge in [0.05, 0.1) is 10.6 Å². The Morgan fingerprint density at radius 3 is 2.50 bits per heavy atom. The lowest BCUT2D eigenvalue weighted by molar-refractivity contribution is -0.384. The summed E-state index contributed by atoms with van der Waals surface area (Å²) in [4.78, 5) is 35.2. The van der Waals surface area contributed by atoms with Crippen LogP contribution < -0.4 is 10.2 Å². The standard InChI is InChI=1S/C23H19N3O6/c1-14-20-18(24-25-22(27)15-10-12-16(13-11-15)26(29)30)8-5-9-19(20)32-21(14)23(28)31-17-6-3-2-4-7-17/h2-4,6-7,10-13H,5,8-9H2,1H3,(H,25,27)/b24-18+. The maximum atomic E-state index is 12.6. The fourth-order valence-corrected chi connectivity index (χ4v) is 3.53. The Morgan fingerprint density at radius 1 is 1.09 bits per heavy atom. The van der Waals surface area contributed by atoms with Crippen LogP contribution in [0.4, 0.5) is 5.69 Å². The van der Waals surface area contributed by atoms with E-state index in [9.17, 15) is 19.7 Å². The molecular formula is C23H19N3O6. The fourth-order valence-electron chi connectivity index (χ4n) is 3.53. The number of nitrogens with zero attached hydrogens (tertiary/aromatic N) is 2. The molecule has 162 valence electrons. The Hall–Kier alpha value is -4.27. The lowest BCUT2D eigenvalue weighted by atomic mass is 9.93. The number of benzene rings is 2. The van der Waals surface area contributed by atoms with Crippen molar-refractivity contribution >= 4 is 23.3 Å². The van der Waals surface area contributed by atoms with Crippen molar-refractivity contribution in [3.05, 3.63) is 92.9 Å². The minimum absolute atomic E-state index is 0.103. The molecule has 2 aromatic carbocycles. The van der Waals surface area contributed by atoms with E-state index >= 15 is 0 Å². The second-order valence-corrected chi connectivity index (χ2v) is 7.21. The third-order valence-corrected chi connectivity index (χ3v) is 5.10. The smallest absolute Gasteiger partial charge is 0.379 e. The lowest BCUT2D eigenvalue weighted by Crippen LogP contribution is -2.22. The number of hydrazone groups is 1. The molecule has 0 spiro atoms. The number of furan rings is 1. The number of ether oxygens (including phenoxy) is 1. The molecule has 1 aliphatic rings. The molecule has 3 aromatic rings. The topological polar surface area (TPSA) is 124 Å². The first kappa shape index (κ1) is 21.0. The van der Waals surface area contributed by atoms with Gasteiger partial charge in [-0.05, 0) is 44.0 Å². The van der Waals surface area contributed by atoms with Crippen LogP contribution in [0.15, 0.2) is 64.1 Å².